The maximum Gasteiger partial charge on any atom is 0.0914 e. The van der Waals surface area contributed by atoms with Gasteiger partial charge in [-0.15, -0.1) is 0 Å². The largest absolute Gasteiger partial charge is 0.381 e. The van der Waals surface area contributed by atoms with Crippen LogP contribution >= 0.6 is 0 Å². The highest BCUT2D eigenvalue weighted by Gasteiger charge is 2.13. The summed E-state index contributed by atoms with van der Waals surface area (Å²) in [5, 5.41) is 6.84. The minimum Gasteiger partial charge on any atom is -0.381 e. The molecule has 1 aliphatic rings. The van der Waals surface area contributed by atoms with Crippen molar-refractivity contribution in [2.75, 3.05) is 19.8 Å². The number of ether oxygens (including phenoxy) is 1. The molecule has 2 N–H and O–H groups in total. The van der Waals surface area contributed by atoms with Crippen LogP contribution in [0.25, 0.3) is 0 Å². The molecule has 0 aromatic carbocycles. The number of rotatable bonds is 8. The lowest BCUT2D eigenvalue weighted by molar-refractivity contribution is 0.116. The van der Waals surface area contributed by atoms with Crippen LogP contribution < -0.4 is 10.6 Å². The van der Waals surface area contributed by atoms with E-state index in [-0.39, 0.29) is 0 Å². The van der Waals surface area contributed by atoms with Gasteiger partial charge in [0.1, 0.15) is 0 Å². The minimum absolute atomic E-state index is 0.528. The highest BCUT2D eigenvalue weighted by molar-refractivity contribution is 4.92. The predicted molar refractivity (Wildman–Crippen MR) is 72.8 cm³/mol. The Labute approximate surface area is 106 Å². The Balaban J connectivity index is 2.07. The molecule has 3 nitrogen and oxygen atoms in total. The molecule has 1 saturated carbocycles. The molecule has 0 heterocycles. The van der Waals surface area contributed by atoms with Crippen molar-refractivity contribution in [3.8, 4) is 0 Å². The summed E-state index contributed by atoms with van der Waals surface area (Å²) in [6.07, 6.45) is 6.67. The van der Waals surface area contributed by atoms with Crippen molar-refractivity contribution in [2.24, 2.45) is 5.92 Å². The Kier molecular flexibility index (Phi) is 7.10. The molecule has 1 unspecified atom stereocenters. The summed E-state index contributed by atoms with van der Waals surface area (Å²) in [4.78, 5) is 0. The van der Waals surface area contributed by atoms with Gasteiger partial charge in [-0.2, -0.15) is 0 Å². The van der Waals surface area contributed by atoms with E-state index < -0.39 is 0 Å². The first-order chi connectivity index (χ1) is 8.22. The molecule has 0 aliphatic heterocycles. The van der Waals surface area contributed by atoms with Gasteiger partial charge in [-0.05, 0) is 25.7 Å². The highest BCUT2D eigenvalue weighted by atomic mass is 16.5. The third kappa shape index (κ3) is 6.57. The molecular weight excluding hydrogens is 212 g/mol. The summed E-state index contributed by atoms with van der Waals surface area (Å²) >= 11 is 0. The lowest BCUT2D eigenvalue weighted by Gasteiger charge is -2.26. The van der Waals surface area contributed by atoms with Crippen LogP contribution in [0.1, 0.15) is 46.0 Å². The highest BCUT2D eigenvalue weighted by Crippen LogP contribution is 2.17. The molecule has 0 amide bonds. The molecule has 0 saturated heterocycles. The first-order valence-electron chi connectivity index (χ1n) is 6.99. The van der Waals surface area contributed by atoms with Gasteiger partial charge in [-0.1, -0.05) is 32.8 Å². The van der Waals surface area contributed by atoms with Gasteiger partial charge in [0.05, 0.1) is 12.4 Å². The molecule has 1 fully saturated rings. The average molecular weight is 240 g/mol. The second-order valence-electron chi connectivity index (χ2n) is 5.10. The van der Waals surface area contributed by atoms with Crippen LogP contribution in [0.15, 0.2) is 12.4 Å². The SMILES string of the molecule is C=C(NCC(C)COCC)NC1CCCCC1. The van der Waals surface area contributed by atoms with E-state index in [1.54, 1.807) is 0 Å². The molecule has 1 rings (SSSR count). The van der Waals surface area contributed by atoms with E-state index in [0.29, 0.717) is 12.0 Å². The smallest absolute Gasteiger partial charge is 0.0914 e. The third-order valence-electron chi connectivity index (χ3n) is 3.25. The average Bonchev–Trinajstić information content (AvgIpc) is 2.35. The van der Waals surface area contributed by atoms with Crippen molar-refractivity contribution in [1.29, 1.82) is 0 Å². The Morgan fingerprint density at radius 2 is 2.06 bits per heavy atom. The normalized spacial score (nSPS) is 18.7. The van der Waals surface area contributed by atoms with Gasteiger partial charge in [-0.25, -0.2) is 0 Å². The Bertz CT molecular complexity index is 212. The number of hydrogen-bond donors (Lipinski definition) is 2. The van der Waals surface area contributed by atoms with E-state index in [0.717, 1.165) is 25.6 Å². The maximum absolute atomic E-state index is 5.39. The summed E-state index contributed by atoms with van der Waals surface area (Å²) in [5.41, 5.74) is 0. The molecule has 1 aliphatic carbocycles. The topological polar surface area (TPSA) is 33.3 Å². The van der Waals surface area contributed by atoms with Gasteiger partial charge in [0.2, 0.25) is 0 Å². The standard InChI is InChI=1S/C14H28N2O/c1-4-17-11-12(2)10-15-13(3)16-14-8-6-5-7-9-14/h12,14-16H,3-11H2,1-2H3. The zero-order valence-corrected chi connectivity index (χ0v) is 11.4. The van der Waals surface area contributed by atoms with Crippen LogP contribution in [-0.4, -0.2) is 25.8 Å². The summed E-state index contributed by atoms with van der Waals surface area (Å²) in [5.74, 6) is 1.50. The van der Waals surface area contributed by atoms with Crippen LogP contribution in [0.4, 0.5) is 0 Å². The van der Waals surface area contributed by atoms with Crippen LogP contribution in [0, 0.1) is 5.92 Å². The Hall–Kier alpha value is -0.700. The molecule has 0 radical (unpaired) electrons. The van der Waals surface area contributed by atoms with E-state index >= 15 is 0 Å². The summed E-state index contributed by atoms with van der Waals surface area (Å²) < 4.78 is 5.39. The van der Waals surface area contributed by atoms with Crippen molar-refractivity contribution >= 4 is 0 Å². The second-order valence-corrected chi connectivity index (χ2v) is 5.10. The van der Waals surface area contributed by atoms with Crippen LogP contribution in [0.3, 0.4) is 0 Å². The first-order valence-corrected chi connectivity index (χ1v) is 6.99. The quantitative estimate of drug-likeness (QED) is 0.684. The van der Waals surface area contributed by atoms with Gasteiger partial charge in [-0.3, -0.25) is 0 Å². The van der Waals surface area contributed by atoms with Crippen LogP contribution in [0.2, 0.25) is 0 Å². The van der Waals surface area contributed by atoms with Crippen molar-refractivity contribution < 1.29 is 4.74 Å². The molecule has 0 spiro atoms. The fraction of sp³-hybridized carbons (Fsp3) is 0.857. The third-order valence-corrected chi connectivity index (χ3v) is 3.25. The summed E-state index contributed by atoms with van der Waals surface area (Å²) in [6.45, 7) is 10.8. The van der Waals surface area contributed by atoms with Crippen LogP contribution in [-0.2, 0) is 4.74 Å². The van der Waals surface area contributed by atoms with Gasteiger partial charge < -0.3 is 15.4 Å². The lowest BCUT2D eigenvalue weighted by atomic mass is 9.96. The first kappa shape index (κ1) is 14.4. The molecule has 0 aromatic heterocycles. The minimum atomic E-state index is 0.528. The van der Waals surface area contributed by atoms with E-state index in [2.05, 4.69) is 24.1 Å². The van der Waals surface area contributed by atoms with Crippen molar-refractivity contribution in [1.82, 2.24) is 10.6 Å². The zero-order valence-electron chi connectivity index (χ0n) is 11.4. The van der Waals surface area contributed by atoms with Gasteiger partial charge in [0.15, 0.2) is 0 Å². The van der Waals surface area contributed by atoms with E-state index in [1.807, 2.05) is 6.92 Å². The zero-order chi connectivity index (χ0) is 12.5. The van der Waals surface area contributed by atoms with Gasteiger partial charge in [0, 0.05) is 19.2 Å². The molecule has 0 aromatic rings. The molecule has 1 atom stereocenters. The monoisotopic (exact) mass is 240 g/mol. The Morgan fingerprint density at radius 3 is 2.71 bits per heavy atom. The molecule has 0 bridgehead atoms. The summed E-state index contributed by atoms with van der Waals surface area (Å²) in [7, 11) is 0. The fourth-order valence-corrected chi connectivity index (χ4v) is 2.22. The molecule has 17 heavy (non-hydrogen) atoms. The molecular formula is C14H28N2O. The van der Waals surface area contributed by atoms with Gasteiger partial charge in [0.25, 0.3) is 0 Å². The van der Waals surface area contributed by atoms with E-state index in [1.165, 1.54) is 32.1 Å². The van der Waals surface area contributed by atoms with E-state index in [9.17, 15) is 0 Å². The lowest BCUT2D eigenvalue weighted by Crippen LogP contribution is -2.37. The van der Waals surface area contributed by atoms with Crippen LogP contribution in [0.5, 0.6) is 0 Å². The molecule has 100 valence electrons. The van der Waals surface area contributed by atoms with Gasteiger partial charge >= 0.3 is 0 Å². The summed E-state index contributed by atoms with van der Waals surface area (Å²) in [6, 6.07) is 0.631. The van der Waals surface area contributed by atoms with E-state index in [4.69, 9.17) is 4.74 Å². The predicted octanol–water partition coefficient (Wildman–Crippen LogP) is 2.64. The number of nitrogens with one attached hydrogen (secondary N) is 2. The van der Waals surface area contributed by atoms with Crippen molar-refractivity contribution in [3.63, 3.8) is 0 Å². The van der Waals surface area contributed by atoms with Crippen molar-refractivity contribution in [2.45, 2.75) is 52.0 Å². The Morgan fingerprint density at radius 1 is 1.35 bits per heavy atom. The second kappa shape index (κ2) is 8.40. The maximum atomic E-state index is 5.39. The number of hydrogen-bond acceptors (Lipinski definition) is 3. The van der Waals surface area contributed by atoms with Crippen molar-refractivity contribution in [3.05, 3.63) is 12.4 Å². The fourth-order valence-electron chi connectivity index (χ4n) is 2.22. The molecule has 3 heteroatoms.